The van der Waals surface area contributed by atoms with E-state index in [4.69, 9.17) is 5.11 Å². The molecule has 4 N–H and O–H groups in total. The number of carboxylic acids is 1. The van der Waals surface area contributed by atoms with Gasteiger partial charge in [-0.2, -0.15) is 0 Å². The molecule has 0 atom stereocenters. The highest BCUT2D eigenvalue weighted by Crippen LogP contribution is 2.26. The van der Waals surface area contributed by atoms with Crippen LogP contribution in [0.1, 0.15) is 41.8 Å². The Balaban J connectivity index is 2.08. The average Bonchev–Trinajstić information content (AvgIpc) is 3.18. The number of aromatic nitrogens is 3. The van der Waals surface area contributed by atoms with Gasteiger partial charge >= 0.3 is 5.97 Å². The lowest BCUT2D eigenvalue weighted by Crippen LogP contribution is -2.33. The lowest BCUT2D eigenvalue weighted by molar-refractivity contribution is -0.136. The third-order valence-electron chi connectivity index (χ3n) is 4.18. The van der Waals surface area contributed by atoms with Crippen LogP contribution < -0.4 is 16.1 Å². The molecule has 1 aliphatic carbocycles. The zero-order valence-electron chi connectivity index (χ0n) is 12.7. The number of carbonyl (C=O) groups is 1. The Morgan fingerprint density at radius 1 is 1.27 bits per heavy atom. The van der Waals surface area contributed by atoms with E-state index in [-0.39, 0.29) is 12.0 Å². The molecule has 0 radical (unpaired) electrons. The predicted molar refractivity (Wildman–Crippen MR) is 83.1 cm³/mol. The summed E-state index contributed by atoms with van der Waals surface area (Å²) in [5.41, 5.74) is 4.97. The minimum atomic E-state index is -0.806. The van der Waals surface area contributed by atoms with Crippen molar-refractivity contribution in [3.05, 3.63) is 43.4 Å². The Kier molecular flexibility index (Phi) is 3.52. The van der Waals surface area contributed by atoms with Crippen LogP contribution in [0, 0.1) is 13.8 Å². The number of hydrogen-bond acceptors (Lipinski definition) is 2. The molecule has 2 heterocycles. The summed E-state index contributed by atoms with van der Waals surface area (Å²) in [7, 11) is 0. The molecule has 0 spiro atoms. The van der Waals surface area contributed by atoms with Gasteiger partial charge in [-0.25, -0.2) is 0 Å². The minimum absolute atomic E-state index is 0.104. The van der Waals surface area contributed by atoms with E-state index in [1.807, 2.05) is 19.9 Å². The molecular weight excluding hydrogens is 282 g/mol. The van der Waals surface area contributed by atoms with E-state index < -0.39 is 5.97 Å². The van der Waals surface area contributed by atoms with E-state index in [1.165, 1.54) is 5.57 Å². The summed E-state index contributed by atoms with van der Waals surface area (Å²) in [5.74, 6) is -0.806. The Labute approximate surface area is 126 Å². The monoisotopic (exact) mass is 301 g/mol. The number of carboxylic acid groups (broad SMARTS) is 1. The molecule has 0 amide bonds. The first kappa shape index (κ1) is 14.4. The summed E-state index contributed by atoms with van der Waals surface area (Å²) in [4.78, 5) is 26.0. The van der Waals surface area contributed by atoms with E-state index in [2.05, 4.69) is 15.2 Å². The third kappa shape index (κ3) is 2.64. The largest absolute Gasteiger partial charge is 0.481 e. The molecule has 116 valence electrons. The Morgan fingerprint density at radius 3 is 2.64 bits per heavy atom. The van der Waals surface area contributed by atoms with Crippen molar-refractivity contribution in [2.75, 3.05) is 0 Å². The van der Waals surface area contributed by atoms with Crippen molar-refractivity contribution in [3.63, 3.8) is 0 Å². The van der Waals surface area contributed by atoms with Gasteiger partial charge in [-0.3, -0.25) is 19.8 Å². The molecule has 6 heteroatoms. The first-order valence-electron chi connectivity index (χ1n) is 7.37. The topological polar surface area (TPSA) is 102 Å². The Hall–Kier alpha value is -2.50. The molecule has 0 aromatic carbocycles. The lowest BCUT2D eigenvalue weighted by atomic mass is 10.0. The van der Waals surface area contributed by atoms with Crippen LogP contribution in [0.25, 0.3) is 11.6 Å². The predicted octanol–water partition coefficient (Wildman–Crippen LogP) is 0.438. The standard InChI is InChI=1S/C16H19N3O3/c1-8-11(5-6-14(20)21)9(2)17-13(8)7-12-15(10-3-4-10)18-19-16(12)22/h7,17-18H,3-6H2,1-2H3,(H,19,22)(H,20,21). The first-order chi connectivity index (χ1) is 10.5. The van der Waals surface area contributed by atoms with Crippen LogP contribution in [-0.2, 0) is 11.2 Å². The van der Waals surface area contributed by atoms with Crippen molar-refractivity contribution in [2.45, 2.75) is 39.5 Å². The first-order valence-corrected chi connectivity index (χ1v) is 7.37. The maximum atomic E-state index is 12.0. The van der Waals surface area contributed by atoms with Gasteiger partial charge in [-0.15, -0.1) is 0 Å². The molecule has 0 unspecified atom stereocenters. The van der Waals surface area contributed by atoms with E-state index in [9.17, 15) is 9.59 Å². The van der Waals surface area contributed by atoms with Gasteiger partial charge in [0.1, 0.15) is 0 Å². The van der Waals surface area contributed by atoms with Crippen molar-refractivity contribution in [2.24, 2.45) is 0 Å². The maximum absolute atomic E-state index is 12.0. The van der Waals surface area contributed by atoms with E-state index in [0.717, 1.165) is 40.7 Å². The van der Waals surface area contributed by atoms with Crippen molar-refractivity contribution in [1.82, 2.24) is 15.2 Å². The van der Waals surface area contributed by atoms with Gasteiger partial charge in [-0.1, -0.05) is 0 Å². The van der Waals surface area contributed by atoms with Crippen LogP contribution in [0.5, 0.6) is 0 Å². The summed E-state index contributed by atoms with van der Waals surface area (Å²) >= 11 is 0. The van der Waals surface area contributed by atoms with Gasteiger partial charge in [0.05, 0.1) is 10.6 Å². The number of nitrogens with one attached hydrogen (secondary N) is 3. The van der Waals surface area contributed by atoms with E-state index in [0.29, 0.717) is 11.6 Å². The van der Waals surface area contributed by atoms with Crippen LogP contribution in [0.4, 0.5) is 0 Å². The van der Waals surface area contributed by atoms with Gasteiger partial charge < -0.3 is 10.1 Å². The number of aromatic amines is 3. The Morgan fingerprint density at radius 2 is 2.00 bits per heavy atom. The van der Waals surface area contributed by atoms with Crippen LogP contribution in [-0.4, -0.2) is 26.3 Å². The average molecular weight is 301 g/mol. The van der Waals surface area contributed by atoms with Crippen molar-refractivity contribution < 1.29 is 9.90 Å². The smallest absolute Gasteiger partial charge is 0.303 e. The highest BCUT2D eigenvalue weighted by Gasteiger charge is 2.16. The number of aryl methyl sites for hydroxylation is 1. The van der Waals surface area contributed by atoms with Gasteiger partial charge in [-0.05, 0) is 55.9 Å². The molecule has 0 saturated heterocycles. The fraction of sp³-hybridized carbons (Fsp3) is 0.375. The molecule has 1 aliphatic rings. The van der Waals surface area contributed by atoms with Crippen LogP contribution in [0.15, 0.2) is 4.79 Å². The maximum Gasteiger partial charge on any atom is 0.303 e. The molecule has 1 saturated carbocycles. The summed E-state index contributed by atoms with van der Waals surface area (Å²) in [6.07, 6.45) is 4.50. The SMILES string of the molecule is Cc1[nH]c(C=c2c(=O)[nH][nH]c2=C2CC2)c(C)c1CCC(=O)O. The zero-order valence-corrected chi connectivity index (χ0v) is 12.7. The van der Waals surface area contributed by atoms with Crippen LogP contribution in [0.2, 0.25) is 0 Å². The summed E-state index contributed by atoms with van der Waals surface area (Å²) in [5, 5.41) is 15.9. The second-order valence-electron chi connectivity index (χ2n) is 5.78. The zero-order chi connectivity index (χ0) is 15.9. The van der Waals surface area contributed by atoms with Crippen LogP contribution in [0.3, 0.4) is 0 Å². The highest BCUT2D eigenvalue weighted by atomic mass is 16.4. The van der Waals surface area contributed by atoms with Crippen LogP contribution >= 0.6 is 0 Å². The van der Waals surface area contributed by atoms with Gasteiger partial charge in [0.25, 0.3) is 5.56 Å². The highest BCUT2D eigenvalue weighted by molar-refractivity contribution is 5.67. The number of H-pyrrole nitrogens is 3. The summed E-state index contributed by atoms with van der Waals surface area (Å²) < 4.78 is 0. The van der Waals surface area contributed by atoms with Gasteiger partial charge in [0, 0.05) is 17.8 Å². The second kappa shape index (κ2) is 5.36. The van der Waals surface area contributed by atoms with Gasteiger partial charge in [0.2, 0.25) is 0 Å². The molecule has 22 heavy (non-hydrogen) atoms. The molecule has 2 aromatic heterocycles. The normalized spacial score (nSPS) is 14.6. The minimum Gasteiger partial charge on any atom is -0.481 e. The molecule has 1 fully saturated rings. The van der Waals surface area contributed by atoms with Crippen molar-refractivity contribution in [3.8, 4) is 0 Å². The third-order valence-corrected chi connectivity index (χ3v) is 4.18. The van der Waals surface area contributed by atoms with E-state index in [1.54, 1.807) is 0 Å². The van der Waals surface area contributed by atoms with Crippen molar-refractivity contribution in [1.29, 1.82) is 0 Å². The number of rotatable bonds is 4. The van der Waals surface area contributed by atoms with Crippen molar-refractivity contribution >= 4 is 17.6 Å². The number of aliphatic carboxylic acids is 1. The summed E-state index contributed by atoms with van der Waals surface area (Å²) in [6, 6.07) is 0. The molecule has 6 nitrogen and oxygen atoms in total. The summed E-state index contributed by atoms with van der Waals surface area (Å²) in [6.45, 7) is 3.89. The van der Waals surface area contributed by atoms with E-state index >= 15 is 0 Å². The second-order valence-corrected chi connectivity index (χ2v) is 5.78. The molecule has 2 aromatic rings. The fourth-order valence-electron chi connectivity index (χ4n) is 2.81. The molecule has 0 bridgehead atoms. The quantitative estimate of drug-likeness (QED) is 0.659. The van der Waals surface area contributed by atoms with Gasteiger partial charge in [0.15, 0.2) is 0 Å². The molecule has 3 rings (SSSR count). The fourth-order valence-corrected chi connectivity index (χ4v) is 2.81. The molecular formula is C16H19N3O3. The number of hydrogen-bond donors (Lipinski definition) is 4. The Bertz CT molecular complexity index is 906. The molecule has 0 aliphatic heterocycles. The lowest BCUT2D eigenvalue weighted by Gasteiger charge is -1.99.